The number of hydrogen-bond acceptors (Lipinski definition) is 4. The van der Waals surface area contributed by atoms with Crippen LogP contribution in [0.25, 0.3) is 23.3 Å². The smallest absolute Gasteiger partial charge is 0.240 e. The summed E-state index contributed by atoms with van der Waals surface area (Å²) in [7, 11) is -3.47. The minimum atomic E-state index is -3.47. The molecule has 1 heterocycles. The molecule has 6 heteroatoms. The lowest BCUT2D eigenvalue weighted by Gasteiger charge is -2.09. The normalized spacial score (nSPS) is 12.5. The molecule has 124 valence electrons. The van der Waals surface area contributed by atoms with Crippen LogP contribution in [0.1, 0.15) is 25.3 Å². The zero-order valence-corrected chi connectivity index (χ0v) is 14.2. The van der Waals surface area contributed by atoms with Crippen LogP contribution in [0, 0.1) is 0 Å². The lowest BCUT2D eigenvalue weighted by atomic mass is 10.2. The molecule has 0 saturated carbocycles. The van der Waals surface area contributed by atoms with E-state index >= 15 is 0 Å². The Bertz CT molecular complexity index is 938. The molecular weight excluding hydrogens is 324 g/mol. The maximum Gasteiger partial charge on any atom is 0.240 e. The van der Waals surface area contributed by atoms with Crippen LogP contribution in [-0.4, -0.2) is 19.4 Å². The number of aromatic nitrogens is 1. The third kappa shape index (κ3) is 3.72. The molecular formula is C18H18N2O3S. The highest BCUT2D eigenvalue weighted by Crippen LogP contribution is 2.17. The van der Waals surface area contributed by atoms with E-state index in [-0.39, 0.29) is 10.9 Å². The molecule has 1 aromatic heterocycles. The largest absolute Gasteiger partial charge is 0.437 e. The van der Waals surface area contributed by atoms with Crippen molar-refractivity contribution in [2.75, 3.05) is 0 Å². The van der Waals surface area contributed by atoms with E-state index in [0.29, 0.717) is 5.89 Å². The topological polar surface area (TPSA) is 72.2 Å². The Balaban J connectivity index is 1.78. The van der Waals surface area contributed by atoms with Crippen LogP contribution >= 0.6 is 0 Å². The summed E-state index contributed by atoms with van der Waals surface area (Å²) in [5.41, 5.74) is 2.40. The molecule has 0 saturated heterocycles. The number of nitrogens with zero attached hydrogens (tertiary/aromatic N) is 1. The van der Waals surface area contributed by atoms with Gasteiger partial charge in [0.25, 0.3) is 0 Å². The van der Waals surface area contributed by atoms with Gasteiger partial charge in [0.2, 0.25) is 15.9 Å². The number of sulfonamides is 1. The molecule has 0 aliphatic rings. The average molecular weight is 342 g/mol. The fourth-order valence-electron chi connectivity index (χ4n) is 2.27. The number of oxazole rings is 1. The Labute approximate surface area is 141 Å². The van der Waals surface area contributed by atoms with E-state index in [1.165, 1.54) is 0 Å². The Kier molecular flexibility index (Phi) is 4.51. The van der Waals surface area contributed by atoms with Crippen molar-refractivity contribution in [3.8, 4) is 0 Å². The summed E-state index contributed by atoms with van der Waals surface area (Å²) >= 11 is 0. The Morgan fingerprint density at radius 3 is 2.42 bits per heavy atom. The Hall–Kier alpha value is -2.44. The standard InChI is InChI=1S/C18H18N2O3S/c1-13(2)20-24(21,22)15-10-7-14(8-11-15)9-12-18-19-16-5-3-4-6-17(16)23-18/h3-13,20H,1-2H3/b12-9+. The van der Waals surface area contributed by atoms with Gasteiger partial charge in [0.1, 0.15) is 5.52 Å². The molecule has 0 aliphatic carbocycles. The average Bonchev–Trinajstić information content (AvgIpc) is 2.95. The minimum absolute atomic E-state index is 0.145. The quantitative estimate of drug-likeness (QED) is 0.767. The van der Waals surface area contributed by atoms with Crippen LogP contribution in [0.5, 0.6) is 0 Å². The van der Waals surface area contributed by atoms with E-state index in [9.17, 15) is 8.42 Å². The summed E-state index contributed by atoms with van der Waals surface area (Å²) in [5.74, 6) is 0.509. The van der Waals surface area contributed by atoms with Gasteiger partial charge in [-0.3, -0.25) is 0 Å². The fourth-order valence-corrected chi connectivity index (χ4v) is 3.52. The summed E-state index contributed by atoms with van der Waals surface area (Å²) in [6, 6.07) is 14.1. The Morgan fingerprint density at radius 1 is 1.04 bits per heavy atom. The van der Waals surface area contributed by atoms with Gasteiger partial charge in [-0.1, -0.05) is 24.3 Å². The van der Waals surface area contributed by atoms with Crippen LogP contribution < -0.4 is 4.72 Å². The van der Waals surface area contributed by atoms with E-state index < -0.39 is 10.0 Å². The molecule has 2 aromatic carbocycles. The maximum atomic E-state index is 12.1. The highest BCUT2D eigenvalue weighted by molar-refractivity contribution is 7.89. The number of fused-ring (bicyclic) bond motifs is 1. The first-order valence-electron chi connectivity index (χ1n) is 7.60. The van der Waals surface area contributed by atoms with Gasteiger partial charge < -0.3 is 4.42 Å². The van der Waals surface area contributed by atoms with Crippen molar-refractivity contribution in [3.63, 3.8) is 0 Å². The van der Waals surface area contributed by atoms with Crippen LogP contribution in [-0.2, 0) is 10.0 Å². The molecule has 0 bridgehead atoms. The molecule has 0 radical (unpaired) electrons. The van der Waals surface area contributed by atoms with Crippen LogP contribution in [0.15, 0.2) is 57.8 Å². The van der Waals surface area contributed by atoms with E-state index in [1.807, 2.05) is 30.3 Å². The molecule has 0 atom stereocenters. The van der Waals surface area contributed by atoms with E-state index in [4.69, 9.17) is 4.42 Å². The van der Waals surface area contributed by atoms with E-state index in [0.717, 1.165) is 16.7 Å². The molecule has 1 N–H and O–H groups in total. The summed E-state index contributed by atoms with van der Waals surface area (Å²) in [6.45, 7) is 3.57. The second kappa shape index (κ2) is 6.59. The van der Waals surface area contributed by atoms with Gasteiger partial charge in [0.05, 0.1) is 4.90 Å². The number of nitrogens with one attached hydrogen (secondary N) is 1. The molecule has 0 fully saturated rings. The van der Waals surface area contributed by atoms with Crippen molar-refractivity contribution in [2.45, 2.75) is 24.8 Å². The fraction of sp³-hybridized carbons (Fsp3) is 0.167. The summed E-state index contributed by atoms with van der Waals surface area (Å²) in [4.78, 5) is 4.60. The monoisotopic (exact) mass is 342 g/mol. The minimum Gasteiger partial charge on any atom is -0.437 e. The first-order chi connectivity index (χ1) is 11.4. The Morgan fingerprint density at radius 2 is 1.75 bits per heavy atom. The summed E-state index contributed by atoms with van der Waals surface area (Å²) in [6.07, 6.45) is 3.59. The molecule has 0 spiro atoms. The predicted octanol–water partition coefficient (Wildman–Crippen LogP) is 3.68. The zero-order chi connectivity index (χ0) is 17.2. The van der Waals surface area contributed by atoms with Crippen molar-refractivity contribution in [1.82, 2.24) is 9.71 Å². The number of benzene rings is 2. The second-order valence-corrected chi connectivity index (χ2v) is 7.41. The molecule has 0 unspecified atom stereocenters. The molecule has 5 nitrogen and oxygen atoms in total. The van der Waals surface area contributed by atoms with Crippen LogP contribution in [0.3, 0.4) is 0 Å². The molecule has 24 heavy (non-hydrogen) atoms. The number of rotatable bonds is 5. The number of hydrogen-bond donors (Lipinski definition) is 1. The van der Waals surface area contributed by atoms with Crippen LogP contribution in [0.2, 0.25) is 0 Å². The highest BCUT2D eigenvalue weighted by Gasteiger charge is 2.14. The predicted molar refractivity (Wildman–Crippen MR) is 94.8 cm³/mol. The lowest BCUT2D eigenvalue weighted by Crippen LogP contribution is -2.30. The first-order valence-corrected chi connectivity index (χ1v) is 9.08. The summed E-state index contributed by atoms with van der Waals surface area (Å²) in [5, 5.41) is 0. The van der Waals surface area contributed by atoms with Gasteiger partial charge in [-0.25, -0.2) is 18.1 Å². The van der Waals surface area contributed by atoms with Crippen molar-refractivity contribution in [2.24, 2.45) is 0 Å². The third-order valence-electron chi connectivity index (χ3n) is 3.31. The van der Waals surface area contributed by atoms with Crippen molar-refractivity contribution in [3.05, 3.63) is 60.0 Å². The third-order valence-corrected chi connectivity index (χ3v) is 4.98. The van der Waals surface area contributed by atoms with Gasteiger partial charge in [-0.15, -0.1) is 0 Å². The SMILES string of the molecule is CC(C)NS(=O)(=O)c1ccc(/C=C/c2nc3ccccc3o2)cc1. The van der Waals surface area contributed by atoms with Gasteiger partial charge in [-0.2, -0.15) is 0 Å². The van der Waals surface area contributed by atoms with Gasteiger partial charge in [-0.05, 0) is 49.8 Å². The maximum absolute atomic E-state index is 12.1. The zero-order valence-electron chi connectivity index (χ0n) is 13.4. The molecule has 0 amide bonds. The van der Waals surface area contributed by atoms with Crippen LogP contribution in [0.4, 0.5) is 0 Å². The van der Waals surface area contributed by atoms with Crippen molar-refractivity contribution < 1.29 is 12.8 Å². The van der Waals surface area contributed by atoms with Crippen molar-refractivity contribution in [1.29, 1.82) is 0 Å². The molecule has 3 aromatic rings. The first kappa shape index (κ1) is 16.4. The lowest BCUT2D eigenvalue weighted by molar-refractivity contribution is 0.570. The van der Waals surface area contributed by atoms with Gasteiger partial charge in [0.15, 0.2) is 5.58 Å². The van der Waals surface area contributed by atoms with Crippen molar-refractivity contribution >= 4 is 33.3 Å². The number of para-hydroxylation sites is 2. The summed E-state index contributed by atoms with van der Waals surface area (Å²) < 4.78 is 32.3. The van der Waals surface area contributed by atoms with E-state index in [1.54, 1.807) is 44.2 Å². The molecule has 0 aliphatic heterocycles. The van der Waals surface area contributed by atoms with Gasteiger partial charge in [0, 0.05) is 12.1 Å². The molecule has 3 rings (SSSR count). The second-order valence-electron chi connectivity index (χ2n) is 5.70. The van der Waals surface area contributed by atoms with Gasteiger partial charge >= 0.3 is 0 Å². The van der Waals surface area contributed by atoms with E-state index in [2.05, 4.69) is 9.71 Å². The highest BCUT2D eigenvalue weighted by atomic mass is 32.2.